The van der Waals surface area contributed by atoms with Crippen LogP contribution in [0.3, 0.4) is 0 Å². The van der Waals surface area contributed by atoms with Gasteiger partial charge >= 0.3 is 0 Å². The van der Waals surface area contributed by atoms with Gasteiger partial charge in [-0.15, -0.1) is 11.3 Å². The summed E-state index contributed by atoms with van der Waals surface area (Å²) in [6.07, 6.45) is 3.09. The first-order valence-corrected chi connectivity index (χ1v) is 7.82. The molecule has 0 spiro atoms. The molecule has 0 aromatic carbocycles. The van der Waals surface area contributed by atoms with E-state index in [0.29, 0.717) is 6.04 Å². The molecule has 1 N–H and O–H groups in total. The molecule has 0 saturated heterocycles. The summed E-state index contributed by atoms with van der Waals surface area (Å²) in [6.45, 7) is 4.37. The van der Waals surface area contributed by atoms with Crippen molar-refractivity contribution in [1.29, 1.82) is 0 Å². The molecule has 0 saturated carbocycles. The van der Waals surface area contributed by atoms with Crippen LogP contribution in [0.1, 0.15) is 41.7 Å². The molecule has 0 fully saturated rings. The lowest BCUT2D eigenvalue weighted by atomic mass is 10.0. The van der Waals surface area contributed by atoms with E-state index in [1.807, 2.05) is 30.1 Å². The predicted octanol–water partition coefficient (Wildman–Crippen LogP) is 3.11. The Balaban J connectivity index is 2.21. The monoisotopic (exact) mass is 277 g/mol. The molecule has 2 aromatic rings. The molecule has 0 aliphatic carbocycles. The molecule has 1 unspecified atom stereocenters. The molecule has 3 nitrogen and oxygen atoms in total. The summed E-state index contributed by atoms with van der Waals surface area (Å²) in [4.78, 5) is 1.46. The minimum atomic E-state index is 0.384. The first-order valence-electron chi connectivity index (χ1n) is 6.94. The second-order valence-corrected chi connectivity index (χ2v) is 5.76. The van der Waals surface area contributed by atoms with Gasteiger partial charge in [0.05, 0.1) is 5.69 Å². The Bertz CT molecular complexity index is 527. The van der Waals surface area contributed by atoms with Gasteiger partial charge in [-0.05, 0) is 43.0 Å². The van der Waals surface area contributed by atoms with Gasteiger partial charge in [0.2, 0.25) is 0 Å². The zero-order valence-corrected chi connectivity index (χ0v) is 13.0. The number of hydrogen-bond donors (Lipinski definition) is 1. The topological polar surface area (TPSA) is 29.9 Å². The first kappa shape index (κ1) is 14.3. The summed E-state index contributed by atoms with van der Waals surface area (Å²) in [5, 5.41) is 10.2. The van der Waals surface area contributed by atoms with E-state index < -0.39 is 0 Å². The summed E-state index contributed by atoms with van der Waals surface area (Å²) in [6, 6.07) is 4.85. The van der Waals surface area contributed by atoms with Crippen LogP contribution in [0, 0.1) is 0 Å². The summed E-state index contributed by atoms with van der Waals surface area (Å²) < 4.78 is 2.02. The maximum absolute atomic E-state index is 4.53. The standard InChI is InChI=1S/C15H23N3S/c1-5-11-7-8-19-15(11)14(16-3)10-13-9-12(6-2)17-18(13)4/h7-9,14,16H,5-6,10H2,1-4H3. The smallest absolute Gasteiger partial charge is 0.0624 e. The predicted molar refractivity (Wildman–Crippen MR) is 81.8 cm³/mol. The second kappa shape index (κ2) is 6.35. The van der Waals surface area contributed by atoms with Crippen molar-refractivity contribution in [2.45, 2.75) is 39.2 Å². The van der Waals surface area contributed by atoms with E-state index in [9.17, 15) is 0 Å². The highest BCUT2D eigenvalue weighted by Gasteiger charge is 2.17. The molecule has 4 heteroatoms. The van der Waals surface area contributed by atoms with Crippen LogP contribution < -0.4 is 5.32 Å². The zero-order chi connectivity index (χ0) is 13.8. The number of nitrogens with one attached hydrogen (secondary N) is 1. The number of hydrogen-bond acceptors (Lipinski definition) is 3. The third kappa shape index (κ3) is 3.07. The second-order valence-electron chi connectivity index (χ2n) is 4.81. The highest BCUT2D eigenvalue weighted by molar-refractivity contribution is 7.10. The average Bonchev–Trinajstić information content (AvgIpc) is 3.02. The van der Waals surface area contributed by atoms with Crippen LogP contribution in [0.15, 0.2) is 17.5 Å². The van der Waals surface area contributed by atoms with Crippen molar-refractivity contribution in [3.63, 3.8) is 0 Å². The normalized spacial score (nSPS) is 12.8. The van der Waals surface area contributed by atoms with Crippen LogP contribution >= 0.6 is 11.3 Å². The lowest BCUT2D eigenvalue weighted by Gasteiger charge is -2.16. The Morgan fingerprint density at radius 1 is 1.37 bits per heavy atom. The summed E-state index contributed by atoms with van der Waals surface area (Å²) in [5.74, 6) is 0. The Morgan fingerprint density at radius 3 is 2.74 bits per heavy atom. The lowest BCUT2D eigenvalue weighted by molar-refractivity contribution is 0.565. The van der Waals surface area contributed by atoms with E-state index in [2.05, 4.69) is 41.8 Å². The minimum Gasteiger partial charge on any atom is -0.312 e. The van der Waals surface area contributed by atoms with Gasteiger partial charge in [0.1, 0.15) is 0 Å². The van der Waals surface area contributed by atoms with E-state index >= 15 is 0 Å². The molecule has 0 bridgehead atoms. The number of likely N-dealkylation sites (N-methyl/N-ethyl adjacent to an activating group) is 1. The molecule has 1 atom stereocenters. The maximum Gasteiger partial charge on any atom is 0.0624 e. The van der Waals surface area contributed by atoms with Gasteiger partial charge < -0.3 is 5.32 Å². The van der Waals surface area contributed by atoms with Crippen LogP contribution in [-0.4, -0.2) is 16.8 Å². The Labute approximate surface area is 119 Å². The molecule has 104 valence electrons. The molecule has 0 aliphatic rings. The van der Waals surface area contributed by atoms with E-state index in [1.165, 1.54) is 21.8 Å². The number of aryl methyl sites for hydroxylation is 3. The van der Waals surface area contributed by atoms with E-state index in [1.54, 1.807) is 0 Å². The number of thiophene rings is 1. The quantitative estimate of drug-likeness (QED) is 0.879. The van der Waals surface area contributed by atoms with Crippen LogP contribution in [0.4, 0.5) is 0 Å². The Kier molecular flexibility index (Phi) is 4.77. The minimum absolute atomic E-state index is 0.384. The van der Waals surface area contributed by atoms with Gasteiger partial charge in [-0.2, -0.15) is 5.10 Å². The zero-order valence-electron chi connectivity index (χ0n) is 12.2. The third-order valence-corrected chi connectivity index (χ3v) is 4.70. The van der Waals surface area contributed by atoms with Crippen molar-refractivity contribution in [2.75, 3.05) is 7.05 Å². The van der Waals surface area contributed by atoms with E-state index in [-0.39, 0.29) is 0 Å². The van der Waals surface area contributed by atoms with Crippen LogP contribution in [0.25, 0.3) is 0 Å². The summed E-state index contributed by atoms with van der Waals surface area (Å²) >= 11 is 1.85. The van der Waals surface area contributed by atoms with Crippen LogP contribution in [0.2, 0.25) is 0 Å². The van der Waals surface area contributed by atoms with Gasteiger partial charge in [-0.25, -0.2) is 0 Å². The van der Waals surface area contributed by atoms with Crippen molar-refractivity contribution in [2.24, 2.45) is 7.05 Å². The lowest BCUT2D eigenvalue weighted by Crippen LogP contribution is -2.20. The van der Waals surface area contributed by atoms with Crippen molar-refractivity contribution in [3.8, 4) is 0 Å². The van der Waals surface area contributed by atoms with Gasteiger partial charge in [-0.3, -0.25) is 4.68 Å². The molecule has 0 radical (unpaired) electrons. The van der Waals surface area contributed by atoms with Crippen molar-refractivity contribution in [3.05, 3.63) is 39.3 Å². The van der Waals surface area contributed by atoms with Crippen LogP contribution in [-0.2, 0) is 26.3 Å². The molecule has 0 aliphatic heterocycles. The Morgan fingerprint density at radius 2 is 2.16 bits per heavy atom. The molecule has 0 amide bonds. The molecule has 2 heterocycles. The largest absolute Gasteiger partial charge is 0.312 e. The van der Waals surface area contributed by atoms with Gasteiger partial charge in [0.15, 0.2) is 0 Å². The number of nitrogens with zero attached hydrogens (tertiary/aromatic N) is 2. The fraction of sp³-hybridized carbons (Fsp3) is 0.533. The highest BCUT2D eigenvalue weighted by Crippen LogP contribution is 2.27. The van der Waals surface area contributed by atoms with Crippen LogP contribution in [0.5, 0.6) is 0 Å². The fourth-order valence-corrected chi connectivity index (χ4v) is 3.52. The molecular formula is C15H23N3S. The molecule has 19 heavy (non-hydrogen) atoms. The van der Waals surface area contributed by atoms with Gasteiger partial charge in [-0.1, -0.05) is 13.8 Å². The van der Waals surface area contributed by atoms with Crippen molar-refractivity contribution in [1.82, 2.24) is 15.1 Å². The molecular weight excluding hydrogens is 254 g/mol. The fourth-order valence-electron chi connectivity index (χ4n) is 2.42. The van der Waals surface area contributed by atoms with Gasteiger partial charge in [0, 0.05) is 30.1 Å². The number of aromatic nitrogens is 2. The number of rotatable bonds is 6. The van der Waals surface area contributed by atoms with E-state index in [0.717, 1.165) is 19.3 Å². The first-order chi connectivity index (χ1) is 9.19. The van der Waals surface area contributed by atoms with Crippen molar-refractivity contribution >= 4 is 11.3 Å². The third-order valence-electron chi connectivity index (χ3n) is 3.63. The van der Waals surface area contributed by atoms with Crippen molar-refractivity contribution < 1.29 is 0 Å². The molecule has 2 rings (SSSR count). The molecule has 2 aromatic heterocycles. The van der Waals surface area contributed by atoms with Gasteiger partial charge in [0.25, 0.3) is 0 Å². The highest BCUT2D eigenvalue weighted by atomic mass is 32.1. The SMILES string of the molecule is CCc1cc(CC(NC)c2sccc2CC)n(C)n1. The summed E-state index contributed by atoms with van der Waals surface area (Å²) in [5.41, 5.74) is 3.93. The Hall–Kier alpha value is -1.13. The summed E-state index contributed by atoms with van der Waals surface area (Å²) in [7, 11) is 4.08. The van der Waals surface area contributed by atoms with E-state index in [4.69, 9.17) is 0 Å². The maximum atomic E-state index is 4.53. The average molecular weight is 277 g/mol.